The Morgan fingerprint density at radius 2 is 1.14 bits per heavy atom. The highest BCUT2D eigenvalue weighted by Gasteiger charge is 2.13. The predicted octanol–water partition coefficient (Wildman–Crippen LogP) is 10.3. The molecule has 0 radical (unpaired) electrons. The van der Waals surface area contributed by atoms with Gasteiger partial charge in [-0.05, 0) is 70.9 Å². The second-order valence-electron chi connectivity index (χ2n) is 13.0. The molecule has 3 aromatic rings. The molecule has 3 nitrogen and oxygen atoms in total. The number of esters is 1. The van der Waals surface area contributed by atoms with Crippen molar-refractivity contribution in [2.45, 2.75) is 78.6 Å². The number of carbonyl (C=O) groups excluding carboxylic acids is 1. The molecule has 0 atom stereocenters. The van der Waals surface area contributed by atoms with Gasteiger partial charge in [-0.15, -0.1) is 0 Å². The van der Waals surface area contributed by atoms with Gasteiger partial charge in [0.25, 0.3) is 0 Å². The van der Waals surface area contributed by atoms with E-state index in [1.165, 1.54) is 16.7 Å². The molecule has 0 unspecified atom stereocenters. The quantitative estimate of drug-likeness (QED) is 0.0950. The molecule has 0 bridgehead atoms. The summed E-state index contributed by atoms with van der Waals surface area (Å²) < 4.78 is 11.5. The van der Waals surface area contributed by atoms with Crippen LogP contribution in [0.25, 0.3) is 24.3 Å². The van der Waals surface area contributed by atoms with E-state index >= 15 is 0 Å². The molecule has 0 N–H and O–H groups in total. The van der Waals surface area contributed by atoms with Crippen LogP contribution < -0.4 is 4.74 Å². The highest BCUT2D eigenvalue weighted by Crippen LogP contribution is 2.27. The smallest absolute Gasteiger partial charge is 0.333 e. The molecule has 0 spiro atoms. The van der Waals surface area contributed by atoms with Crippen molar-refractivity contribution < 1.29 is 14.3 Å². The largest absolute Gasteiger partial charge is 0.493 e. The van der Waals surface area contributed by atoms with Gasteiger partial charge in [-0.2, -0.15) is 0 Å². The molecule has 3 aromatic carbocycles. The van der Waals surface area contributed by atoms with Gasteiger partial charge in [0.2, 0.25) is 0 Å². The van der Waals surface area contributed by atoms with Crippen LogP contribution in [0.1, 0.15) is 101 Å². The van der Waals surface area contributed by atoms with Crippen LogP contribution in [-0.2, 0) is 20.4 Å². The molecule has 0 saturated heterocycles. The van der Waals surface area contributed by atoms with E-state index in [2.05, 4.69) is 139 Å². The Morgan fingerprint density at radius 3 is 1.67 bits per heavy atom. The van der Waals surface area contributed by atoms with E-state index in [4.69, 9.17) is 9.47 Å². The molecule has 0 aliphatic heterocycles. The molecule has 42 heavy (non-hydrogen) atoms. The van der Waals surface area contributed by atoms with E-state index in [0.29, 0.717) is 18.8 Å². The summed E-state index contributed by atoms with van der Waals surface area (Å²) in [4.78, 5) is 11.6. The van der Waals surface area contributed by atoms with Crippen LogP contribution in [0.15, 0.2) is 78.9 Å². The molecule has 0 aliphatic rings. The molecule has 0 heterocycles. The Kier molecular flexibility index (Phi) is 11.6. The van der Waals surface area contributed by atoms with Crippen molar-refractivity contribution in [3.63, 3.8) is 0 Å². The molecule has 0 aromatic heterocycles. The van der Waals surface area contributed by atoms with Gasteiger partial charge >= 0.3 is 5.97 Å². The fraction of sp³-hybridized carbons (Fsp3) is 0.359. The third-order valence-electron chi connectivity index (χ3n) is 7.14. The molecule has 0 saturated carbocycles. The zero-order valence-electron chi connectivity index (χ0n) is 26.6. The van der Waals surface area contributed by atoms with Crippen LogP contribution in [0, 0.1) is 0 Å². The highest BCUT2D eigenvalue weighted by atomic mass is 16.5. The summed E-state index contributed by atoms with van der Waals surface area (Å²) in [5, 5.41) is 0. The SMILES string of the molecule is C=C(C)C(=O)OCCCCCOc1cc(C=Cc2ccc(C(C)(C)C)cc2)ccc1C=Cc1ccc(C(C)(C)C)cc1. The van der Waals surface area contributed by atoms with Crippen molar-refractivity contribution in [2.24, 2.45) is 0 Å². The molecular formula is C39H48O3. The molecule has 3 heteroatoms. The number of hydrogen-bond donors (Lipinski definition) is 0. The lowest BCUT2D eigenvalue weighted by Crippen LogP contribution is -2.10. The van der Waals surface area contributed by atoms with Crippen molar-refractivity contribution in [1.29, 1.82) is 0 Å². The topological polar surface area (TPSA) is 35.5 Å². The van der Waals surface area contributed by atoms with E-state index in [0.717, 1.165) is 41.7 Å². The minimum atomic E-state index is -0.328. The second kappa shape index (κ2) is 14.9. The van der Waals surface area contributed by atoms with Crippen LogP contribution in [0.3, 0.4) is 0 Å². The Balaban J connectivity index is 1.71. The van der Waals surface area contributed by atoms with Crippen molar-refractivity contribution in [3.05, 3.63) is 112 Å². The van der Waals surface area contributed by atoms with Gasteiger partial charge in [0.15, 0.2) is 0 Å². The fourth-order valence-electron chi connectivity index (χ4n) is 4.34. The maximum atomic E-state index is 11.6. The van der Waals surface area contributed by atoms with E-state index in [1.54, 1.807) is 6.92 Å². The van der Waals surface area contributed by atoms with E-state index in [-0.39, 0.29) is 16.8 Å². The van der Waals surface area contributed by atoms with Gasteiger partial charge in [-0.25, -0.2) is 4.79 Å². The molecular weight excluding hydrogens is 516 g/mol. The fourth-order valence-corrected chi connectivity index (χ4v) is 4.34. The average molecular weight is 565 g/mol. The molecule has 222 valence electrons. The first kappa shape index (κ1) is 32.7. The number of unbranched alkanes of at least 4 members (excludes halogenated alkanes) is 2. The number of carbonyl (C=O) groups is 1. The van der Waals surface area contributed by atoms with Gasteiger partial charge in [0.1, 0.15) is 5.75 Å². The maximum absolute atomic E-state index is 11.6. The lowest BCUT2D eigenvalue weighted by molar-refractivity contribution is -0.139. The Bertz CT molecular complexity index is 1380. The van der Waals surface area contributed by atoms with E-state index < -0.39 is 0 Å². The first-order chi connectivity index (χ1) is 19.8. The van der Waals surface area contributed by atoms with Gasteiger partial charge in [0, 0.05) is 11.1 Å². The predicted molar refractivity (Wildman–Crippen MR) is 180 cm³/mol. The van der Waals surface area contributed by atoms with Crippen molar-refractivity contribution in [3.8, 4) is 5.75 Å². The van der Waals surface area contributed by atoms with Gasteiger partial charge in [0.05, 0.1) is 13.2 Å². The standard InChI is InChI=1S/C39H48O3/c1-29(2)37(40)42-27-11-9-10-26-41-36-28-32(13-12-30-16-22-34(23-17-30)38(3,4)5)15-21-33(36)20-14-31-18-24-35(25-19-31)39(6,7)8/h12-25,28H,1,9-11,26-27H2,2-8H3. The third kappa shape index (κ3) is 10.5. The van der Waals surface area contributed by atoms with Crippen molar-refractivity contribution >= 4 is 30.3 Å². The van der Waals surface area contributed by atoms with Crippen molar-refractivity contribution in [1.82, 2.24) is 0 Å². The number of benzene rings is 3. The van der Waals surface area contributed by atoms with Gasteiger partial charge < -0.3 is 9.47 Å². The summed E-state index contributed by atoms with van der Waals surface area (Å²) >= 11 is 0. The molecule has 0 fully saturated rings. The van der Waals surface area contributed by atoms with Crippen LogP contribution >= 0.6 is 0 Å². The monoisotopic (exact) mass is 564 g/mol. The van der Waals surface area contributed by atoms with E-state index in [9.17, 15) is 4.79 Å². The number of rotatable bonds is 12. The maximum Gasteiger partial charge on any atom is 0.333 e. The number of ether oxygens (including phenoxy) is 2. The van der Waals surface area contributed by atoms with Crippen molar-refractivity contribution in [2.75, 3.05) is 13.2 Å². The Hall–Kier alpha value is -3.85. The summed E-state index contributed by atoms with van der Waals surface area (Å²) in [5.74, 6) is 0.530. The summed E-state index contributed by atoms with van der Waals surface area (Å²) in [7, 11) is 0. The zero-order chi connectivity index (χ0) is 30.8. The Labute approximate surface area is 254 Å². The number of hydrogen-bond acceptors (Lipinski definition) is 3. The first-order valence-electron chi connectivity index (χ1n) is 15.0. The van der Waals surface area contributed by atoms with Gasteiger partial charge in [-0.3, -0.25) is 0 Å². The first-order valence-corrected chi connectivity index (χ1v) is 15.0. The molecule has 0 aliphatic carbocycles. The third-order valence-corrected chi connectivity index (χ3v) is 7.14. The zero-order valence-corrected chi connectivity index (χ0v) is 26.6. The average Bonchev–Trinajstić information content (AvgIpc) is 2.94. The normalized spacial score (nSPS) is 12.2. The summed E-state index contributed by atoms with van der Waals surface area (Å²) in [6.45, 7) is 19.7. The van der Waals surface area contributed by atoms with Crippen LogP contribution in [0.2, 0.25) is 0 Å². The lowest BCUT2D eigenvalue weighted by atomic mass is 9.86. The minimum Gasteiger partial charge on any atom is -0.493 e. The minimum absolute atomic E-state index is 0.132. The van der Waals surface area contributed by atoms with Crippen LogP contribution in [-0.4, -0.2) is 19.2 Å². The highest BCUT2D eigenvalue weighted by molar-refractivity contribution is 5.86. The molecule has 0 amide bonds. The summed E-state index contributed by atoms with van der Waals surface area (Å²) in [6.07, 6.45) is 11.1. The van der Waals surface area contributed by atoms with Crippen LogP contribution in [0.4, 0.5) is 0 Å². The Morgan fingerprint density at radius 1 is 0.667 bits per heavy atom. The van der Waals surface area contributed by atoms with E-state index in [1.807, 2.05) is 0 Å². The lowest BCUT2D eigenvalue weighted by Gasteiger charge is -2.18. The van der Waals surface area contributed by atoms with Gasteiger partial charge in [-0.1, -0.05) is 133 Å². The van der Waals surface area contributed by atoms with Crippen LogP contribution in [0.5, 0.6) is 5.75 Å². The summed E-state index contributed by atoms with van der Waals surface area (Å²) in [5.41, 5.74) is 7.80. The second-order valence-corrected chi connectivity index (χ2v) is 13.0. The molecule has 3 rings (SSSR count). The summed E-state index contributed by atoms with van der Waals surface area (Å²) in [6, 6.07) is 23.8.